The minimum atomic E-state index is -1.44. The Bertz CT molecular complexity index is 1500. The summed E-state index contributed by atoms with van der Waals surface area (Å²) in [5, 5.41) is 13.1. The van der Waals surface area contributed by atoms with Gasteiger partial charge < -0.3 is 0 Å². The van der Waals surface area contributed by atoms with Crippen molar-refractivity contribution in [1.29, 1.82) is 0 Å². The van der Waals surface area contributed by atoms with Gasteiger partial charge in [-0.1, -0.05) is 84.9 Å². The molecule has 8 nitrogen and oxygen atoms in total. The van der Waals surface area contributed by atoms with Gasteiger partial charge in [0.05, 0.1) is 16.3 Å². The zero-order valence-electron chi connectivity index (χ0n) is 19.5. The van der Waals surface area contributed by atoms with Gasteiger partial charge in [-0.3, -0.25) is 24.5 Å². The van der Waals surface area contributed by atoms with Crippen LogP contribution in [0.3, 0.4) is 0 Å². The molecule has 0 bridgehead atoms. The number of nitro groups is 1. The summed E-state index contributed by atoms with van der Waals surface area (Å²) in [6, 6.07) is 32.8. The number of non-ortho nitro benzene ring substituents is 1. The Morgan fingerprint density at radius 3 is 2.00 bits per heavy atom. The highest BCUT2D eigenvalue weighted by atomic mass is 16.7. The van der Waals surface area contributed by atoms with Crippen LogP contribution in [0.15, 0.2) is 115 Å². The smallest absolute Gasteiger partial charge is 0.271 e. The zero-order chi connectivity index (χ0) is 25.6. The summed E-state index contributed by atoms with van der Waals surface area (Å²) in [4.78, 5) is 46.9. The molecular weight excluding hydrogens is 470 g/mol. The maximum absolute atomic E-state index is 14.6. The lowest BCUT2D eigenvalue weighted by Crippen LogP contribution is -2.46. The van der Waals surface area contributed by atoms with Gasteiger partial charge in [0, 0.05) is 12.1 Å². The molecule has 0 radical (unpaired) electrons. The van der Waals surface area contributed by atoms with Crippen LogP contribution in [0.5, 0.6) is 0 Å². The minimum absolute atomic E-state index is 0.135. The van der Waals surface area contributed by atoms with E-state index < -0.39 is 34.3 Å². The Morgan fingerprint density at radius 2 is 1.35 bits per heavy atom. The van der Waals surface area contributed by atoms with Gasteiger partial charge in [-0.05, 0) is 29.3 Å². The first kappa shape index (κ1) is 22.6. The molecule has 6 rings (SSSR count). The molecule has 182 valence electrons. The number of amides is 2. The molecular formula is C29H21N3O5. The molecule has 0 aliphatic carbocycles. The molecule has 2 fully saturated rings. The number of hydrogen-bond acceptors (Lipinski definition) is 6. The molecule has 8 heteroatoms. The quantitative estimate of drug-likeness (QED) is 0.222. The van der Waals surface area contributed by atoms with E-state index in [0.29, 0.717) is 11.3 Å². The molecule has 3 atom stereocenters. The third kappa shape index (κ3) is 3.34. The van der Waals surface area contributed by atoms with Crippen LogP contribution in [0, 0.1) is 10.1 Å². The molecule has 0 unspecified atom stereocenters. The van der Waals surface area contributed by atoms with E-state index >= 15 is 0 Å². The lowest BCUT2D eigenvalue weighted by atomic mass is 9.69. The fourth-order valence-electron chi connectivity index (χ4n) is 5.41. The number of nitrogens with zero attached hydrogens (tertiary/aromatic N) is 3. The van der Waals surface area contributed by atoms with E-state index in [0.717, 1.165) is 10.5 Å². The van der Waals surface area contributed by atoms with Crippen LogP contribution in [-0.2, 0) is 19.8 Å². The van der Waals surface area contributed by atoms with Gasteiger partial charge in [0.15, 0.2) is 6.10 Å². The molecule has 2 saturated heterocycles. The van der Waals surface area contributed by atoms with Gasteiger partial charge in [-0.25, -0.2) is 9.96 Å². The van der Waals surface area contributed by atoms with Crippen LogP contribution in [0.2, 0.25) is 0 Å². The van der Waals surface area contributed by atoms with Gasteiger partial charge in [0.25, 0.3) is 11.6 Å². The number of carbonyl (C=O) groups excluding carboxylic acids is 2. The first-order valence-corrected chi connectivity index (χ1v) is 11.8. The third-order valence-electron chi connectivity index (χ3n) is 6.98. The average Bonchev–Trinajstić information content (AvgIpc) is 3.41. The van der Waals surface area contributed by atoms with Crippen molar-refractivity contribution < 1.29 is 19.3 Å². The van der Waals surface area contributed by atoms with Crippen LogP contribution < -0.4 is 9.96 Å². The molecule has 2 aliphatic rings. The first-order valence-electron chi connectivity index (χ1n) is 11.8. The van der Waals surface area contributed by atoms with Gasteiger partial charge in [-0.15, -0.1) is 0 Å². The van der Waals surface area contributed by atoms with E-state index in [4.69, 9.17) is 4.84 Å². The number of fused-ring (bicyclic) bond motifs is 1. The summed E-state index contributed by atoms with van der Waals surface area (Å²) in [6.45, 7) is 0. The molecule has 4 aromatic carbocycles. The van der Waals surface area contributed by atoms with Crippen LogP contribution in [0.25, 0.3) is 0 Å². The largest absolute Gasteiger partial charge is 0.273 e. The third-order valence-corrected chi connectivity index (χ3v) is 6.98. The van der Waals surface area contributed by atoms with Crippen molar-refractivity contribution in [3.8, 4) is 0 Å². The lowest BCUT2D eigenvalue weighted by molar-refractivity contribution is -0.384. The van der Waals surface area contributed by atoms with Crippen molar-refractivity contribution in [1.82, 2.24) is 0 Å². The Labute approximate surface area is 212 Å². The van der Waals surface area contributed by atoms with E-state index in [9.17, 15) is 19.7 Å². The summed E-state index contributed by atoms with van der Waals surface area (Å²) in [5.74, 6) is -1.07. The number of carbonyl (C=O) groups is 2. The van der Waals surface area contributed by atoms with Crippen LogP contribution >= 0.6 is 0 Å². The molecule has 0 N–H and O–H groups in total. The molecule has 0 spiro atoms. The number of anilines is 2. The number of imide groups is 1. The molecule has 2 aliphatic heterocycles. The molecule has 37 heavy (non-hydrogen) atoms. The van der Waals surface area contributed by atoms with Gasteiger partial charge >= 0.3 is 0 Å². The normalized spacial score (nSPS) is 22.8. The highest BCUT2D eigenvalue weighted by Gasteiger charge is 2.72. The topological polar surface area (TPSA) is 93.0 Å². The molecule has 4 aromatic rings. The fraction of sp³-hybridized carbons (Fsp3) is 0.103. The Morgan fingerprint density at radius 1 is 0.757 bits per heavy atom. The minimum Gasteiger partial charge on any atom is -0.273 e. The second-order valence-corrected chi connectivity index (χ2v) is 8.95. The monoisotopic (exact) mass is 491 g/mol. The second-order valence-electron chi connectivity index (χ2n) is 8.95. The summed E-state index contributed by atoms with van der Waals surface area (Å²) < 4.78 is 0. The van der Waals surface area contributed by atoms with E-state index in [2.05, 4.69) is 0 Å². The average molecular weight is 492 g/mol. The fourth-order valence-corrected chi connectivity index (χ4v) is 5.41. The maximum Gasteiger partial charge on any atom is 0.271 e. The van der Waals surface area contributed by atoms with Crippen molar-refractivity contribution in [3.63, 3.8) is 0 Å². The van der Waals surface area contributed by atoms with E-state index in [1.54, 1.807) is 5.06 Å². The predicted octanol–water partition coefficient (Wildman–Crippen LogP) is 4.97. The lowest BCUT2D eigenvalue weighted by Gasteiger charge is -2.35. The summed E-state index contributed by atoms with van der Waals surface area (Å²) in [5.41, 5.74) is 0.591. The summed E-state index contributed by atoms with van der Waals surface area (Å²) >= 11 is 0. The Hall–Kier alpha value is -4.82. The van der Waals surface area contributed by atoms with Gasteiger partial charge in [0.2, 0.25) is 5.91 Å². The van der Waals surface area contributed by atoms with Crippen molar-refractivity contribution in [2.24, 2.45) is 0 Å². The zero-order valence-corrected chi connectivity index (χ0v) is 19.5. The van der Waals surface area contributed by atoms with Crippen LogP contribution in [-0.4, -0.2) is 22.8 Å². The number of benzene rings is 4. The number of rotatable bonds is 5. The first-order chi connectivity index (χ1) is 18.0. The molecule has 2 amide bonds. The highest BCUT2D eigenvalue weighted by molar-refractivity contribution is 6.28. The number of hydrogen-bond donors (Lipinski definition) is 0. The standard InChI is InChI=1S/C29H21N3O5/c33-27-26-29(21-13-6-2-7-14-21,28(34)30(27)23-17-10-18-24(19-23)32(35)36)25(20-11-4-1-5-12-20)31(37-26)22-15-8-3-9-16-22/h1-19,25-26H/t25-,26+,29-/m0/s1. The number of hydroxylamine groups is 1. The Balaban J connectivity index is 1.60. The van der Waals surface area contributed by atoms with E-state index in [-0.39, 0.29) is 11.4 Å². The second kappa shape index (κ2) is 8.69. The molecule has 0 saturated carbocycles. The molecule has 2 heterocycles. The maximum atomic E-state index is 14.6. The summed E-state index contributed by atoms with van der Waals surface area (Å²) in [7, 11) is 0. The predicted molar refractivity (Wildman–Crippen MR) is 137 cm³/mol. The SMILES string of the molecule is O=C1[C@H]2ON(c3ccccc3)[C@@H](c3ccccc3)[C@]2(c2ccccc2)C(=O)N1c1cccc([N+](=O)[O-])c1. The van der Waals surface area contributed by atoms with Crippen LogP contribution in [0.1, 0.15) is 17.2 Å². The van der Waals surface area contributed by atoms with E-state index in [1.807, 2.05) is 91.0 Å². The van der Waals surface area contributed by atoms with E-state index in [1.165, 1.54) is 24.3 Å². The van der Waals surface area contributed by atoms with Gasteiger partial charge in [-0.2, -0.15) is 0 Å². The van der Waals surface area contributed by atoms with Crippen molar-refractivity contribution in [3.05, 3.63) is 137 Å². The van der Waals surface area contributed by atoms with Crippen molar-refractivity contribution in [2.75, 3.05) is 9.96 Å². The van der Waals surface area contributed by atoms with Gasteiger partial charge in [0.1, 0.15) is 11.5 Å². The highest BCUT2D eigenvalue weighted by Crippen LogP contribution is 2.57. The van der Waals surface area contributed by atoms with Crippen LogP contribution in [0.4, 0.5) is 17.1 Å². The van der Waals surface area contributed by atoms with Crippen molar-refractivity contribution >= 4 is 28.9 Å². The Kier molecular flexibility index (Phi) is 5.31. The number of nitro benzene ring substituents is 1. The van der Waals surface area contributed by atoms with Crippen molar-refractivity contribution in [2.45, 2.75) is 17.6 Å². The number of para-hydroxylation sites is 1. The summed E-state index contributed by atoms with van der Waals surface area (Å²) in [6.07, 6.45) is -1.19. The molecule has 0 aromatic heterocycles.